The predicted octanol–water partition coefficient (Wildman–Crippen LogP) is 3.22. The Morgan fingerprint density at radius 2 is 2.19 bits per heavy atom. The zero-order valence-corrected chi connectivity index (χ0v) is 11.5. The molecule has 5 heteroatoms. The summed E-state index contributed by atoms with van der Waals surface area (Å²) >= 11 is 0. The van der Waals surface area contributed by atoms with E-state index in [4.69, 9.17) is 10.8 Å². The van der Waals surface area contributed by atoms with Gasteiger partial charge in [0.1, 0.15) is 0 Å². The number of nitrogens with two attached hydrogens (primary N) is 1. The molecule has 4 N–H and O–H groups in total. The molecule has 0 radical (unpaired) electrons. The number of rotatable bonds is 5. The first-order valence-corrected chi connectivity index (χ1v) is 6.52. The van der Waals surface area contributed by atoms with E-state index in [2.05, 4.69) is 16.9 Å². The van der Waals surface area contributed by atoms with Gasteiger partial charge in [-0.25, -0.2) is 4.79 Å². The van der Waals surface area contributed by atoms with Gasteiger partial charge in [-0.3, -0.25) is 4.98 Å². The molecular formula is C16H17N3O2. The zero-order chi connectivity index (χ0) is 15.2. The van der Waals surface area contributed by atoms with E-state index < -0.39 is 6.09 Å². The number of amides is 1. The highest BCUT2D eigenvalue weighted by Gasteiger charge is 2.14. The molecule has 1 heterocycles. The van der Waals surface area contributed by atoms with E-state index >= 15 is 0 Å². The lowest BCUT2D eigenvalue weighted by Crippen LogP contribution is -2.26. The molecule has 1 atom stereocenters. The molecule has 0 aliphatic rings. The maximum absolute atomic E-state index is 10.9. The van der Waals surface area contributed by atoms with Crippen molar-refractivity contribution in [2.45, 2.75) is 12.5 Å². The summed E-state index contributed by atoms with van der Waals surface area (Å²) in [5.41, 5.74) is 9.12. The lowest BCUT2D eigenvalue weighted by Gasteiger charge is -2.16. The van der Waals surface area contributed by atoms with Crippen LogP contribution in [0.1, 0.15) is 18.0 Å². The molecule has 21 heavy (non-hydrogen) atoms. The molecular weight excluding hydrogens is 266 g/mol. The van der Waals surface area contributed by atoms with Crippen LogP contribution in [0.2, 0.25) is 0 Å². The minimum atomic E-state index is -1.08. The van der Waals surface area contributed by atoms with Crippen LogP contribution in [-0.2, 0) is 0 Å². The van der Waals surface area contributed by atoms with Crippen molar-refractivity contribution >= 4 is 11.8 Å². The van der Waals surface area contributed by atoms with Gasteiger partial charge in [0, 0.05) is 29.2 Å². The standard InChI is InChI=1S/C16H17N3O2/c1-2-5-15(19-16(20)21)12-8-11(9-18-10-12)13-6-3-4-7-14(13)17/h2-4,6-10,15,19H,1,5,17H2,(H,20,21). The summed E-state index contributed by atoms with van der Waals surface area (Å²) in [6.45, 7) is 3.65. The number of nitrogens with zero attached hydrogens (tertiary/aromatic N) is 1. The normalized spacial score (nSPS) is 11.6. The van der Waals surface area contributed by atoms with E-state index in [-0.39, 0.29) is 6.04 Å². The van der Waals surface area contributed by atoms with Crippen LogP contribution in [0.4, 0.5) is 10.5 Å². The summed E-state index contributed by atoms with van der Waals surface area (Å²) in [6, 6.07) is 9.00. The first-order chi connectivity index (χ1) is 10.1. The number of benzene rings is 1. The summed E-state index contributed by atoms with van der Waals surface area (Å²) in [7, 11) is 0. The lowest BCUT2D eigenvalue weighted by molar-refractivity contribution is 0.190. The smallest absolute Gasteiger partial charge is 0.405 e. The molecule has 2 rings (SSSR count). The fraction of sp³-hybridized carbons (Fsp3) is 0.125. The highest BCUT2D eigenvalue weighted by atomic mass is 16.4. The molecule has 1 aromatic carbocycles. The average molecular weight is 283 g/mol. The average Bonchev–Trinajstić information content (AvgIpc) is 2.47. The zero-order valence-electron chi connectivity index (χ0n) is 11.5. The second kappa shape index (κ2) is 6.56. The Morgan fingerprint density at radius 1 is 1.43 bits per heavy atom. The van der Waals surface area contributed by atoms with Crippen molar-refractivity contribution in [3.63, 3.8) is 0 Å². The van der Waals surface area contributed by atoms with Gasteiger partial charge >= 0.3 is 6.09 Å². The molecule has 0 aliphatic heterocycles. The van der Waals surface area contributed by atoms with Crippen LogP contribution in [0, 0.1) is 0 Å². The minimum Gasteiger partial charge on any atom is -0.465 e. The minimum absolute atomic E-state index is 0.377. The van der Waals surface area contributed by atoms with Gasteiger partial charge in [-0.15, -0.1) is 6.58 Å². The van der Waals surface area contributed by atoms with Crippen LogP contribution in [0.5, 0.6) is 0 Å². The third-order valence-corrected chi connectivity index (χ3v) is 3.13. The summed E-state index contributed by atoms with van der Waals surface area (Å²) in [5.74, 6) is 0. The second-order valence-corrected chi connectivity index (χ2v) is 4.62. The number of hydrogen-bond acceptors (Lipinski definition) is 3. The summed E-state index contributed by atoms with van der Waals surface area (Å²) < 4.78 is 0. The van der Waals surface area contributed by atoms with Gasteiger partial charge in [0.2, 0.25) is 0 Å². The maximum Gasteiger partial charge on any atom is 0.405 e. The van der Waals surface area contributed by atoms with E-state index in [9.17, 15) is 4.79 Å². The fourth-order valence-electron chi connectivity index (χ4n) is 2.15. The van der Waals surface area contributed by atoms with Gasteiger partial charge in [0.15, 0.2) is 0 Å². The van der Waals surface area contributed by atoms with Crippen molar-refractivity contribution in [2.75, 3.05) is 5.73 Å². The van der Waals surface area contributed by atoms with Crippen molar-refractivity contribution in [3.05, 3.63) is 60.9 Å². The second-order valence-electron chi connectivity index (χ2n) is 4.62. The molecule has 1 amide bonds. The number of hydrogen-bond donors (Lipinski definition) is 3. The Labute approximate surface area is 123 Å². The predicted molar refractivity (Wildman–Crippen MR) is 82.8 cm³/mol. The van der Waals surface area contributed by atoms with Crippen molar-refractivity contribution < 1.29 is 9.90 Å². The van der Waals surface area contributed by atoms with Crippen LogP contribution in [0.3, 0.4) is 0 Å². The van der Waals surface area contributed by atoms with Gasteiger partial charge in [0.25, 0.3) is 0 Å². The van der Waals surface area contributed by atoms with Gasteiger partial charge in [-0.2, -0.15) is 0 Å². The number of para-hydroxylation sites is 1. The molecule has 0 saturated carbocycles. The Morgan fingerprint density at radius 3 is 2.86 bits per heavy atom. The van der Waals surface area contributed by atoms with Gasteiger partial charge in [-0.05, 0) is 24.1 Å². The molecule has 1 aromatic heterocycles. The Balaban J connectivity index is 2.38. The van der Waals surface area contributed by atoms with Crippen molar-refractivity contribution in [3.8, 4) is 11.1 Å². The van der Waals surface area contributed by atoms with E-state index in [0.29, 0.717) is 12.1 Å². The quantitative estimate of drug-likeness (QED) is 0.580. The largest absolute Gasteiger partial charge is 0.465 e. The van der Waals surface area contributed by atoms with Crippen LogP contribution in [0.25, 0.3) is 11.1 Å². The third-order valence-electron chi connectivity index (χ3n) is 3.13. The molecule has 108 valence electrons. The first kappa shape index (κ1) is 14.6. The van der Waals surface area contributed by atoms with Crippen LogP contribution in [0.15, 0.2) is 55.4 Å². The lowest BCUT2D eigenvalue weighted by atomic mass is 10.00. The molecule has 0 fully saturated rings. The number of aromatic nitrogens is 1. The maximum atomic E-state index is 10.9. The number of pyridine rings is 1. The van der Waals surface area contributed by atoms with Crippen molar-refractivity contribution in [1.82, 2.24) is 10.3 Å². The Kier molecular flexibility index (Phi) is 4.56. The van der Waals surface area contributed by atoms with Crippen LogP contribution in [-0.4, -0.2) is 16.2 Å². The highest BCUT2D eigenvalue weighted by molar-refractivity contribution is 5.76. The Bertz CT molecular complexity index is 655. The molecule has 2 aromatic rings. The monoisotopic (exact) mass is 283 g/mol. The summed E-state index contributed by atoms with van der Waals surface area (Å²) in [4.78, 5) is 15.1. The molecule has 5 nitrogen and oxygen atoms in total. The number of nitrogens with one attached hydrogen (secondary N) is 1. The van der Waals surface area contributed by atoms with Crippen LogP contribution < -0.4 is 11.1 Å². The Hall–Kier alpha value is -2.82. The number of carbonyl (C=O) groups is 1. The SMILES string of the molecule is C=CCC(NC(=O)O)c1cncc(-c2ccccc2N)c1. The van der Waals surface area contributed by atoms with Crippen LogP contribution >= 0.6 is 0 Å². The number of anilines is 1. The number of carboxylic acid groups (broad SMARTS) is 1. The topological polar surface area (TPSA) is 88.2 Å². The third kappa shape index (κ3) is 3.60. The molecule has 0 bridgehead atoms. The first-order valence-electron chi connectivity index (χ1n) is 6.52. The van der Waals surface area contributed by atoms with Crippen molar-refractivity contribution in [1.29, 1.82) is 0 Å². The molecule has 0 spiro atoms. The van der Waals surface area contributed by atoms with Gasteiger partial charge in [0.05, 0.1) is 6.04 Å². The molecule has 0 saturated heterocycles. The number of nitrogen functional groups attached to an aromatic ring is 1. The molecule has 0 aliphatic carbocycles. The summed E-state index contributed by atoms with van der Waals surface area (Å²) in [5, 5.41) is 11.4. The van der Waals surface area contributed by atoms with E-state index in [0.717, 1.165) is 16.7 Å². The summed E-state index contributed by atoms with van der Waals surface area (Å²) in [6.07, 6.45) is 4.44. The van der Waals surface area contributed by atoms with E-state index in [1.165, 1.54) is 0 Å². The van der Waals surface area contributed by atoms with E-state index in [1.54, 1.807) is 18.5 Å². The van der Waals surface area contributed by atoms with Crippen molar-refractivity contribution in [2.24, 2.45) is 0 Å². The van der Waals surface area contributed by atoms with Gasteiger partial charge < -0.3 is 16.2 Å². The highest BCUT2D eigenvalue weighted by Crippen LogP contribution is 2.27. The fourth-order valence-corrected chi connectivity index (χ4v) is 2.15. The van der Waals surface area contributed by atoms with Gasteiger partial charge in [-0.1, -0.05) is 24.3 Å². The molecule has 1 unspecified atom stereocenters. The van der Waals surface area contributed by atoms with E-state index in [1.807, 2.05) is 30.3 Å².